The lowest BCUT2D eigenvalue weighted by atomic mass is 10.1. The molecule has 0 radical (unpaired) electrons. The molecule has 0 aliphatic rings. The number of hydrogen-bond acceptors (Lipinski definition) is 4. The van der Waals surface area contributed by atoms with Crippen molar-refractivity contribution in [2.75, 3.05) is 5.73 Å². The Morgan fingerprint density at radius 3 is 2.33 bits per heavy atom. The third-order valence-corrected chi connectivity index (χ3v) is 4.09. The highest BCUT2D eigenvalue weighted by molar-refractivity contribution is 14.1. The summed E-state index contributed by atoms with van der Waals surface area (Å²) >= 11 is 2.15. The van der Waals surface area contributed by atoms with E-state index in [0.29, 0.717) is 11.6 Å². The van der Waals surface area contributed by atoms with Gasteiger partial charge in [0.05, 0.1) is 9.26 Å². The molecule has 0 aliphatic heterocycles. The number of aromatic hydroxyl groups is 1. The standard InChI is InChI=1S/C16H12IN3O/c17-13-14(10-5-2-1-3-6-10)19-16(20-15(13)18)11-7-4-8-12(21)9-11/h1-9,21H,(H2,18,19,20). The molecular formula is C16H12IN3O. The van der Waals surface area contributed by atoms with E-state index < -0.39 is 0 Å². The van der Waals surface area contributed by atoms with Gasteiger partial charge in [0.15, 0.2) is 5.82 Å². The maximum Gasteiger partial charge on any atom is 0.162 e. The lowest BCUT2D eigenvalue weighted by molar-refractivity contribution is 0.475. The van der Waals surface area contributed by atoms with Gasteiger partial charge in [0.25, 0.3) is 0 Å². The minimum atomic E-state index is 0.175. The fourth-order valence-corrected chi connectivity index (χ4v) is 2.58. The topological polar surface area (TPSA) is 72.0 Å². The van der Waals surface area contributed by atoms with Gasteiger partial charge < -0.3 is 10.8 Å². The largest absolute Gasteiger partial charge is 0.508 e. The molecule has 0 aliphatic carbocycles. The fourth-order valence-electron chi connectivity index (χ4n) is 2.03. The second kappa shape index (κ2) is 5.69. The van der Waals surface area contributed by atoms with Gasteiger partial charge in [-0.2, -0.15) is 0 Å². The van der Waals surface area contributed by atoms with Gasteiger partial charge in [-0.3, -0.25) is 0 Å². The minimum Gasteiger partial charge on any atom is -0.508 e. The van der Waals surface area contributed by atoms with Crippen molar-refractivity contribution in [2.24, 2.45) is 0 Å². The Balaban J connectivity index is 2.19. The first kappa shape index (κ1) is 13.8. The van der Waals surface area contributed by atoms with Crippen molar-refractivity contribution >= 4 is 28.4 Å². The van der Waals surface area contributed by atoms with Crippen LogP contribution < -0.4 is 5.73 Å². The highest BCUT2D eigenvalue weighted by Gasteiger charge is 2.13. The monoisotopic (exact) mass is 389 g/mol. The summed E-state index contributed by atoms with van der Waals surface area (Å²) in [5.74, 6) is 1.11. The molecule has 5 heteroatoms. The van der Waals surface area contributed by atoms with E-state index in [-0.39, 0.29) is 5.75 Å². The molecule has 3 N–H and O–H groups in total. The summed E-state index contributed by atoms with van der Waals surface area (Å²) in [5.41, 5.74) is 8.52. The summed E-state index contributed by atoms with van der Waals surface area (Å²) in [6.45, 7) is 0. The third kappa shape index (κ3) is 2.82. The van der Waals surface area contributed by atoms with Crippen LogP contribution in [0.15, 0.2) is 54.6 Å². The molecule has 0 spiro atoms. The van der Waals surface area contributed by atoms with E-state index in [0.717, 1.165) is 20.4 Å². The first-order chi connectivity index (χ1) is 10.1. The van der Waals surface area contributed by atoms with Gasteiger partial charge in [-0.05, 0) is 34.7 Å². The molecule has 0 saturated heterocycles. The molecule has 0 bridgehead atoms. The van der Waals surface area contributed by atoms with Gasteiger partial charge >= 0.3 is 0 Å². The van der Waals surface area contributed by atoms with Crippen LogP contribution in [0.2, 0.25) is 0 Å². The molecular weight excluding hydrogens is 377 g/mol. The highest BCUT2D eigenvalue weighted by atomic mass is 127. The molecule has 0 amide bonds. The molecule has 1 aromatic heterocycles. The zero-order valence-electron chi connectivity index (χ0n) is 11.0. The molecule has 0 atom stereocenters. The Kier molecular flexibility index (Phi) is 3.74. The van der Waals surface area contributed by atoms with Gasteiger partial charge in [0, 0.05) is 11.1 Å². The van der Waals surface area contributed by atoms with Crippen LogP contribution in [0.25, 0.3) is 22.6 Å². The molecule has 1 heterocycles. The number of nitrogen functional groups attached to an aromatic ring is 1. The van der Waals surface area contributed by atoms with E-state index in [1.807, 2.05) is 36.4 Å². The van der Waals surface area contributed by atoms with E-state index in [1.54, 1.807) is 18.2 Å². The lowest BCUT2D eigenvalue weighted by Crippen LogP contribution is -2.02. The molecule has 104 valence electrons. The number of benzene rings is 2. The van der Waals surface area contributed by atoms with Crippen molar-refractivity contribution in [2.45, 2.75) is 0 Å². The smallest absolute Gasteiger partial charge is 0.162 e. The predicted molar refractivity (Wildman–Crippen MR) is 91.7 cm³/mol. The summed E-state index contributed by atoms with van der Waals surface area (Å²) in [6, 6.07) is 16.7. The van der Waals surface area contributed by atoms with Crippen molar-refractivity contribution in [3.8, 4) is 28.4 Å². The number of phenols is 1. The molecule has 21 heavy (non-hydrogen) atoms. The second-order valence-electron chi connectivity index (χ2n) is 4.51. The predicted octanol–water partition coefficient (Wildman–Crippen LogP) is 3.70. The summed E-state index contributed by atoms with van der Waals surface area (Å²) in [7, 11) is 0. The van der Waals surface area contributed by atoms with Crippen molar-refractivity contribution in [1.29, 1.82) is 0 Å². The van der Waals surface area contributed by atoms with Crippen LogP contribution in [0, 0.1) is 3.57 Å². The van der Waals surface area contributed by atoms with Crippen molar-refractivity contribution < 1.29 is 5.11 Å². The fraction of sp³-hybridized carbons (Fsp3) is 0. The maximum absolute atomic E-state index is 9.60. The maximum atomic E-state index is 9.60. The summed E-state index contributed by atoms with van der Waals surface area (Å²) in [5, 5.41) is 9.60. The third-order valence-electron chi connectivity index (χ3n) is 3.03. The zero-order valence-corrected chi connectivity index (χ0v) is 13.2. The van der Waals surface area contributed by atoms with E-state index in [2.05, 4.69) is 32.6 Å². The molecule has 0 fully saturated rings. The van der Waals surface area contributed by atoms with E-state index in [4.69, 9.17) is 5.73 Å². The van der Waals surface area contributed by atoms with Crippen molar-refractivity contribution in [1.82, 2.24) is 9.97 Å². The number of phenolic OH excluding ortho intramolecular Hbond substituents is 1. The Hall–Kier alpha value is -2.15. The van der Waals surface area contributed by atoms with E-state index in [1.165, 1.54) is 0 Å². The average molecular weight is 389 g/mol. The van der Waals surface area contributed by atoms with Crippen LogP contribution in [0.5, 0.6) is 5.75 Å². The number of nitrogens with two attached hydrogens (primary N) is 1. The van der Waals surface area contributed by atoms with E-state index in [9.17, 15) is 5.11 Å². The van der Waals surface area contributed by atoms with Crippen molar-refractivity contribution in [3.63, 3.8) is 0 Å². The molecule has 0 unspecified atom stereocenters. The van der Waals surface area contributed by atoms with Crippen LogP contribution in [0.3, 0.4) is 0 Å². The summed E-state index contributed by atoms with van der Waals surface area (Å²) in [4.78, 5) is 8.92. The zero-order chi connectivity index (χ0) is 14.8. The average Bonchev–Trinajstić information content (AvgIpc) is 2.51. The molecule has 3 rings (SSSR count). The number of anilines is 1. The Labute approximate surface area is 135 Å². The number of hydrogen-bond donors (Lipinski definition) is 2. The first-order valence-corrected chi connectivity index (χ1v) is 7.41. The van der Waals surface area contributed by atoms with Crippen LogP contribution in [0.1, 0.15) is 0 Å². The summed E-state index contributed by atoms with van der Waals surface area (Å²) in [6.07, 6.45) is 0. The van der Waals surface area contributed by atoms with Gasteiger partial charge in [-0.1, -0.05) is 42.5 Å². The first-order valence-electron chi connectivity index (χ1n) is 6.33. The number of nitrogens with zero attached hydrogens (tertiary/aromatic N) is 2. The normalized spacial score (nSPS) is 10.5. The van der Waals surface area contributed by atoms with Gasteiger partial charge in [0.2, 0.25) is 0 Å². The van der Waals surface area contributed by atoms with Gasteiger partial charge in [-0.25, -0.2) is 9.97 Å². The molecule has 0 saturated carbocycles. The van der Waals surface area contributed by atoms with E-state index >= 15 is 0 Å². The highest BCUT2D eigenvalue weighted by Crippen LogP contribution is 2.30. The molecule has 4 nitrogen and oxygen atoms in total. The van der Waals surface area contributed by atoms with Gasteiger partial charge in [0.1, 0.15) is 11.6 Å². The Morgan fingerprint density at radius 1 is 0.905 bits per heavy atom. The van der Waals surface area contributed by atoms with Crippen LogP contribution in [-0.4, -0.2) is 15.1 Å². The van der Waals surface area contributed by atoms with Crippen LogP contribution in [0.4, 0.5) is 5.82 Å². The van der Waals surface area contributed by atoms with Crippen molar-refractivity contribution in [3.05, 3.63) is 58.2 Å². The number of rotatable bonds is 2. The van der Waals surface area contributed by atoms with Gasteiger partial charge in [-0.15, -0.1) is 0 Å². The van der Waals surface area contributed by atoms with Crippen LogP contribution >= 0.6 is 22.6 Å². The summed E-state index contributed by atoms with van der Waals surface area (Å²) < 4.78 is 0.822. The SMILES string of the molecule is Nc1nc(-c2cccc(O)c2)nc(-c2ccccc2)c1I. The minimum absolute atomic E-state index is 0.175. The molecule has 2 aromatic carbocycles. The lowest BCUT2D eigenvalue weighted by Gasteiger charge is -2.09. The Bertz CT molecular complexity index is 791. The quantitative estimate of drug-likeness (QED) is 0.656. The Morgan fingerprint density at radius 2 is 1.62 bits per heavy atom. The van der Waals surface area contributed by atoms with Crippen LogP contribution in [-0.2, 0) is 0 Å². The number of halogens is 1. The second-order valence-corrected chi connectivity index (χ2v) is 5.59. The molecule has 3 aromatic rings. The number of aromatic nitrogens is 2.